The van der Waals surface area contributed by atoms with Gasteiger partial charge in [0, 0.05) is 12.6 Å². The molecule has 0 aliphatic heterocycles. The highest BCUT2D eigenvalue weighted by Crippen LogP contribution is 2.53. The van der Waals surface area contributed by atoms with Crippen molar-refractivity contribution in [2.24, 2.45) is 0 Å². The highest BCUT2D eigenvalue weighted by molar-refractivity contribution is 7.84. The summed E-state index contributed by atoms with van der Waals surface area (Å²) in [6.07, 6.45) is 6.47. The highest BCUT2D eigenvalue weighted by atomic mass is 32.2. The van der Waals surface area contributed by atoms with Gasteiger partial charge in [0.15, 0.2) is 0 Å². The van der Waals surface area contributed by atoms with Gasteiger partial charge in [-0.05, 0) is 77.8 Å². The van der Waals surface area contributed by atoms with Crippen LogP contribution < -0.4 is 9.46 Å². The molecule has 1 fully saturated rings. The van der Waals surface area contributed by atoms with E-state index in [9.17, 15) is 18.7 Å². The normalized spacial score (nSPS) is 18.9. The number of aryl methyl sites for hydroxylation is 1. The molecule has 1 aromatic carbocycles. The van der Waals surface area contributed by atoms with Crippen molar-refractivity contribution < 1.29 is 27.9 Å². The molecule has 0 aromatic heterocycles. The zero-order chi connectivity index (χ0) is 24.5. The van der Waals surface area contributed by atoms with Gasteiger partial charge in [0.25, 0.3) is 0 Å². The van der Waals surface area contributed by atoms with E-state index < -0.39 is 34.9 Å². The number of nitrogens with one attached hydrogen (secondary N) is 1. The highest BCUT2D eigenvalue weighted by Gasteiger charge is 2.37. The van der Waals surface area contributed by atoms with Crippen LogP contribution in [0.3, 0.4) is 0 Å². The molecule has 1 aliphatic carbocycles. The van der Waals surface area contributed by atoms with Gasteiger partial charge >= 0.3 is 5.97 Å². The molecule has 0 spiro atoms. The van der Waals surface area contributed by atoms with Gasteiger partial charge in [-0.1, -0.05) is 24.6 Å². The van der Waals surface area contributed by atoms with E-state index in [4.69, 9.17) is 9.26 Å². The Morgan fingerprint density at radius 3 is 2.52 bits per heavy atom. The number of hydrogen-bond donors (Lipinski definition) is 2. The monoisotopic (exact) mass is 501 g/mol. The lowest BCUT2D eigenvalue weighted by atomic mass is 9.97. The summed E-state index contributed by atoms with van der Waals surface area (Å²) >= 11 is 0. The summed E-state index contributed by atoms with van der Waals surface area (Å²) in [5.74, 6) is -0.988. The average Bonchev–Trinajstić information content (AvgIpc) is 2.76. The zero-order valence-electron chi connectivity index (χ0n) is 20.4. The van der Waals surface area contributed by atoms with Gasteiger partial charge in [0.1, 0.15) is 5.75 Å². The summed E-state index contributed by atoms with van der Waals surface area (Å²) in [7, 11) is -4.87. The van der Waals surface area contributed by atoms with Crippen LogP contribution in [0.2, 0.25) is 0 Å². The quantitative estimate of drug-likeness (QED) is 0.346. The topological polar surface area (TPSA) is 102 Å². The maximum Gasteiger partial charge on any atom is 0.303 e. The van der Waals surface area contributed by atoms with Crippen molar-refractivity contribution in [2.45, 2.75) is 95.7 Å². The predicted molar refractivity (Wildman–Crippen MR) is 133 cm³/mol. The van der Waals surface area contributed by atoms with Crippen LogP contribution in [0.25, 0.3) is 0 Å². The third-order valence-corrected chi connectivity index (χ3v) is 10.4. The Morgan fingerprint density at radius 2 is 1.91 bits per heavy atom. The van der Waals surface area contributed by atoms with Gasteiger partial charge in [-0.15, -0.1) is 0 Å². The second-order valence-corrected chi connectivity index (χ2v) is 14.3. The van der Waals surface area contributed by atoms with Crippen LogP contribution in [0.4, 0.5) is 0 Å². The van der Waals surface area contributed by atoms with Gasteiger partial charge in [0.05, 0.1) is 34.2 Å². The van der Waals surface area contributed by atoms with Gasteiger partial charge in [-0.2, -0.15) is 0 Å². The molecule has 1 aliphatic rings. The molecular weight excluding hydrogens is 461 g/mol. The summed E-state index contributed by atoms with van der Waals surface area (Å²) in [6, 6.07) is 7.79. The molecular formula is C24H40NO6PS. The minimum Gasteiger partial charge on any atom is -0.490 e. The number of hydrogen-bond acceptors (Lipinski definition) is 5. The fourth-order valence-electron chi connectivity index (χ4n) is 3.89. The van der Waals surface area contributed by atoms with Crippen molar-refractivity contribution in [1.29, 1.82) is 0 Å². The summed E-state index contributed by atoms with van der Waals surface area (Å²) in [6.45, 7) is 7.44. The van der Waals surface area contributed by atoms with Crippen LogP contribution in [-0.2, 0) is 31.3 Å². The van der Waals surface area contributed by atoms with E-state index in [1.165, 1.54) is 19.3 Å². The number of benzene rings is 1. The predicted octanol–water partition coefficient (Wildman–Crippen LogP) is 5.50. The van der Waals surface area contributed by atoms with Crippen LogP contribution in [-0.4, -0.2) is 44.7 Å². The van der Waals surface area contributed by atoms with Crippen molar-refractivity contribution in [3.8, 4) is 5.75 Å². The molecule has 2 unspecified atom stereocenters. The van der Waals surface area contributed by atoms with E-state index in [2.05, 4.69) is 4.72 Å². The Hall–Kier alpha value is -1.21. The van der Waals surface area contributed by atoms with Gasteiger partial charge in [-0.25, -0.2) is 8.93 Å². The van der Waals surface area contributed by atoms with Crippen LogP contribution >= 0.6 is 7.37 Å². The van der Waals surface area contributed by atoms with E-state index in [-0.39, 0.29) is 31.7 Å². The van der Waals surface area contributed by atoms with Gasteiger partial charge in [-0.3, -0.25) is 9.36 Å². The largest absolute Gasteiger partial charge is 0.490 e. The number of rotatable bonds is 13. The molecule has 188 valence electrons. The van der Waals surface area contributed by atoms with Crippen molar-refractivity contribution in [1.82, 2.24) is 4.72 Å². The average molecular weight is 502 g/mol. The standard InChI is InChI=1S/C24H40NO6PS/c1-5-30-32(28,22(15-16-23(26)27)25-33(29)24(2,3)4)18-17-19-11-9-10-14-21(19)31-20-12-7-6-8-13-20/h9-11,14,20,22,25H,5-8,12-13,15-18H2,1-4H3,(H,26,27)/t22-,32?,33?/m1/s1. The molecule has 2 N–H and O–H groups in total. The van der Waals surface area contributed by atoms with E-state index in [1.807, 2.05) is 45.0 Å². The molecule has 2 rings (SSSR count). The molecule has 0 amide bonds. The molecule has 0 heterocycles. The minimum absolute atomic E-state index is 0.0780. The summed E-state index contributed by atoms with van der Waals surface area (Å²) in [5, 5.41) is 9.20. The molecule has 3 atom stereocenters. The second kappa shape index (κ2) is 13.0. The first-order valence-corrected chi connectivity index (χ1v) is 15.0. The lowest BCUT2D eigenvalue weighted by Gasteiger charge is -2.30. The van der Waals surface area contributed by atoms with Crippen LogP contribution in [0.5, 0.6) is 5.75 Å². The lowest BCUT2D eigenvalue weighted by Crippen LogP contribution is -2.40. The Kier molecular flexibility index (Phi) is 11.1. The SMILES string of the molecule is CCOP(=O)(CCc1ccccc1OC1CCCCC1)[C@H](CCC(=O)O)NS(=O)C(C)(C)C. The van der Waals surface area contributed by atoms with Crippen molar-refractivity contribution in [3.05, 3.63) is 29.8 Å². The summed E-state index contributed by atoms with van der Waals surface area (Å²) in [5.41, 5.74) is 0.955. The third-order valence-electron chi connectivity index (χ3n) is 5.76. The van der Waals surface area contributed by atoms with Crippen molar-refractivity contribution in [3.63, 3.8) is 0 Å². The lowest BCUT2D eigenvalue weighted by molar-refractivity contribution is -0.137. The number of carbonyl (C=O) groups is 1. The van der Waals surface area contributed by atoms with E-state index in [0.717, 1.165) is 24.2 Å². The first-order valence-electron chi connectivity index (χ1n) is 11.9. The maximum absolute atomic E-state index is 14.0. The van der Waals surface area contributed by atoms with Crippen LogP contribution in [0.15, 0.2) is 24.3 Å². The van der Waals surface area contributed by atoms with E-state index in [1.54, 1.807) is 6.92 Å². The molecule has 7 nitrogen and oxygen atoms in total. The molecule has 1 saturated carbocycles. The maximum atomic E-state index is 14.0. The molecule has 0 bridgehead atoms. The number of ether oxygens (including phenoxy) is 1. The van der Waals surface area contributed by atoms with Gasteiger partial charge in [0.2, 0.25) is 7.37 Å². The Morgan fingerprint density at radius 1 is 1.24 bits per heavy atom. The van der Waals surface area contributed by atoms with Crippen LogP contribution in [0.1, 0.15) is 78.2 Å². The van der Waals surface area contributed by atoms with Gasteiger partial charge < -0.3 is 14.4 Å². The molecule has 0 saturated heterocycles. The second-order valence-electron chi connectivity index (χ2n) is 9.55. The Bertz CT molecular complexity index is 834. The number of para-hydroxylation sites is 1. The Balaban J connectivity index is 2.20. The minimum atomic E-state index is -3.36. The number of carboxylic acid groups (broad SMARTS) is 1. The number of carboxylic acids is 1. The summed E-state index contributed by atoms with van der Waals surface area (Å²) < 4.78 is 41.2. The van der Waals surface area contributed by atoms with Crippen LogP contribution in [0, 0.1) is 0 Å². The van der Waals surface area contributed by atoms with Crippen molar-refractivity contribution in [2.75, 3.05) is 12.8 Å². The molecule has 0 radical (unpaired) electrons. The number of aliphatic carboxylic acids is 1. The fraction of sp³-hybridized carbons (Fsp3) is 0.708. The van der Waals surface area contributed by atoms with E-state index in [0.29, 0.717) is 6.42 Å². The van der Waals surface area contributed by atoms with Crippen molar-refractivity contribution >= 4 is 24.3 Å². The molecule has 33 heavy (non-hydrogen) atoms. The zero-order valence-corrected chi connectivity index (χ0v) is 22.1. The molecule has 1 aromatic rings. The first kappa shape index (κ1) is 28.0. The third kappa shape index (κ3) is 9.16. The molecule has 9 heteroatoms. The smallest absolute Gasteiger partial charge is 0.303 e. The van der Waals surface area contributed by atoms with E-state index >= 15 is 0 Å². The fourth-order valence-corrected chi connectivity index (χ4v) is 7.67. The summed E-state index contributed by atoms with van der Waals surface area (Å²) in [4.78, 5) is 11.2. The Labute approximate surface area is 201 Å². The first-order chi connectivity index (χ1) is 15.5.